The number of H-pyrrole nitrogens is 1. The Morgan fingerprint density at radius 2 is 2.07 bits per heavy atom. The molecule has 2 aromatic heterocycles. The highest BCUT2D eigenvalue weighted by Crippen LogP contribution is 2.23. The van der Waals surface area contributed by atoms with E-state index in [0.29, 0.717) is 41.8 Å². The molecule has 2 heterocycles. The van der Waals surface area contributed by atoms with Crippen LogP contribution in [0.1, 0.15) is 10.4 Å². The normalized spacial score (nSPS) is 10.9. The van der Waals surface area contributed by atoms with E-state index in [-0.39, 0.29) is 5.91 Å². The van der Waals surface area contributed by atoms with Crippen molar-refractivity contribution in [2.24, 2.45) is 0 Å². The fourth-order valence-corrected chi connectivity index (χ4v) is 2.79. The summed E-state index contributed by atoms with van der Waals surface area (Å²) in [4.78, 5) is 20.3. The van der Waals surface area contributed by atoms with Gasteiger partial charge in [0.15, 0.2) is 11.6 Å². The Hall–Kier alpha value is -3.58. The molecular formula is C21H19N3O4. The molecule has 0 unspecified atom stereocenters. The predicted octanol–water partition coefficient (Wildman–Crippen LogP) is 4.10. The van der Waals surface area contributed by atoms with Gasteiger partial charge in [0.1, 0.15) is 12.4 Å². The lowest BCUT2D eigenvalue weighted by Gasteiger charge is -2.08. The van der Waals surface area contributed by atoms with Crippen molar-refractivity contribution in [2.75, 3.05) is 25.6 Å². The largest absolute Gasteiger partial charge is 0.491 e. The first-order valence-corrected chi connectivity index (χ1v) is 8.80. The van der Waals surface area contributed by atoms with E-state index in [1.54, 1.807) is 43.7 Å². The standard InChI is InChI=1S/C21H19N3O4/c1-26-10-11-27-16-5-2-4-14(12-16)21(25)22-15-7-8-17-18(13-15)24-20(23-17)19-6-3-9-28-19/h2-9,12-13H,10-11H2,1H3,(H,22,25)(H,23,24). The predicted molar refractivity (Wildman–Crippen MR) is 106 cm³/mol. The second-order valence-corrected chi connectivity index (χ2v) is 6.12. The molecule has 1 amide bonds. The Morgan fingerprint density at radius 3 is 2.89 bits per heavy atom. The number of nitrogens with zero attached hydrogens (tertiary/aromatic N) is 1. The summed E-state index contributed by atoms with van der Waals surface area (Å²) in [5, 5.41) is 2.90. The number of hydrogen-bond donors (Lipinski definition) is 2. The molecule has 0 aliphatic carbocycles. The average molecular weight is 377 g/mol. The highest BCUT2D eigenvalue weighted by Gasteiger charge is 2.11. The maximum Gasteiger partial charge on any atom is 0.255 e. The molecule has 0 saturated heterocycles. The van der Waals surface area contributed by atoms with Crippen LogP contribution in [0, 0.1) is 0 Å². The number of anilines is 1. The summed E-state index contributed by atoms with van der Waals surface area (Å²) in [6, 6.07) is 16.2. The van der Waals surface area contributed by atoms with Crippen molar-refractivity contribution in [3.63, 3.8) is 0 Å². The third kappa shape index (κ3) is 3.89. The Balaban J connectivity index is 1.50. The quantitative estimate of drug-likeness (QED) is 0.473. The molecule has 2 N–H and O–H groups in total. The maximum absolute atomic E-state index is 12.6. The zero-order valence-corrected chi connectivity index (χ0v) is 15.3. The van der Waals surface area contributed by atoms with E-state index < -0.39 is 0 Å². The molecule has 7 nitrogen and oxygen atoms in total. The van der Waals surface area contributed by atoms with Crippen molar-refractivity contribution < 1.29 is 18.7 Å². The van der Waals surface area contributed by atoms with Crippen molar-refractivity contribution in [1.29, 1.82) is 0 Å². The van der Waals surface area contributed by atoms with Crippen LogP contribution in [0.15, 0.2) is 65.3 Å². The van der Waals surface area contributed by atoms with E-state index in [1.807, 2.05) is 24.3 Å². The van der Waals surface area contributed by atoms with Crippen LogP contribution in [-0.2, 0) is 4.74 Å². The number of carbonyl (C=O) groups excluding carboxylic acids is 1. The lowest BCUT2D eigenvalue weighted by Crippen LogP contribution is -2.12. The lowest BCUT2D eigenvalue weighted by atomic mass is 10.2. The van der Waals surface area contributed by atoms with Gasteiger partial charge in [-0.1, -0.05) is 6.07 Å². The fraction of sp³-hybridized carbons (Fsp3) is 0.143. The van der Waals surface area contributed by atoms with Gasteiger partial charge in [-0.3, -0.25) is 4.79 Å². The molecule has 28 heavy (non-hydrogen) atoms. The zero-order chi connectivity index (χ0) is 19.3. The van der Waals surface area contributed by atoms with Crippen LogP contribution in [0.25, 0.3) is 22.6 Å². The van der Waals surface area contributed by atoms with Crippen LogP contribution in [0.5, 0.6) is 5.75 Å². The molecule has 142 valence electrons. The monoisotopic (exact) mass is 377 g/mol. The lowest BCUT2D eigenvalue weighted by molar-refractivity contribution is 0.102. The third-order valence-corrected chi connectivity index (χ3v) is 4.15. The first-order valence-electron chi connectivity index (χ1n) is 8.80. The first kappa shape index (κ1) is 17.8. The molecule has 7 heteroatoms. The van der Waals surface area contributed by atoms with Gasteiger partial charge in [0.05, 0.1) is 23.9 Å². The first-order chi connectivity index (χ1) is 13.7. The Morgan fingerprint density at radius 1 is 1.14 bits per heavy atom. The minimum Gasteiger partial charge on any atom is -0.491 e. The number of benzene rings is 2. The average Bonchev–Trinajstić information content (AvgIpc) is 3.37. The molecule has 0 spiro atoms. The number of methoxy groups -OCH3 is 1. The van der Waals surface area contributed by atoms with Gasteiger partial charge in [-0.25, -0.2) is 4.98 Å². The maximum atomic E-state index is 12.6. The molecule has 4 rings (SSSR count). The third-order valence-electron chi connectivity index (χ3n) is 4.15. The van der Waals surface area contributed by atoms with E-state index in [9.17, 15) is 4.79 Å². The number of imidazole rings is 1. The van der Waals surface area contributed by atoms with Gasteiger partial charge in [0, 0.05) is 18.4 Å². The van der Waals surface area contributed by atoms with Crippen molar-refractivity contribution in [1.82, 2.24) is 9.97 Å². The van der Waals surface area contributed by atoms with E-state index in [4.69, 9.17) is 13.9 Å². The van der Waals surface area contributed by atoms with Gasteiger partial charge >= 0.3 is 0 Å². The number of aromatic amines is 1. The van der Waals surface area contributed by atoms with Gasteiger partial charge in [0.2, 0.25) is 0 Å². The minimum absolute atomic E-state index is 0.220. The van der Waals surface area contributed by atoms with Gasteiger partial charge < -0.3 is 24.2 Å². The topological polar surface area (TPSA) is 89.4 Å². The molecule has 0 aliphatic rings. The minimum atomic E-state index is -0.220. The van der Waals surface area contributed by atoms with Crippen molar-refractivity contribution in [2.45, 2.75) is 0 Å². The van der Waals surface area contributed by atoms with Gasteiger partial charge in [0.25, 0.3) is 5.91 Å². The van der Waals surface area contributed by atoms with Crippen LogP contribution in [0.4, 0.5) is 5.69 Å². The smallest absolute Gasteiger partial charge is 0.255 e. The number of hydrogen-bond acceptors (Lipinski definition) is 5. The SMILES string of the molecule is COCCOc1cccc(C(=O)Nc2ccc3nc(-c4ccco4)[nH]c3c2)c1. The number of rotatable bonds is 7. The Bertz CT molecular complexity index is 1090. The van der Waals surface area contributed by atoms with Crippen molar-refractivity contribution in [3.05, 3.63) is 66.4 Å². The molecule has 0 fully saturated rings. The highest BCUT2D eigenvalue weighted by atomic mass is 16.5. The van der Waals surface area contributed by atoms with Crippen LogP contribution in [-0.4, -0.2) is 36.2 Å². The number of furan rings is 1. The summed E-state index contributed by atoms with van der Waals surface area (Å²) in [6.45, 7) is 0.913. The second-order valence-electron chi connectivity index (χ2n) is 6.12. The molecule has 4 aromatic rings. The molecule has 0 bridgehead atoms. The zero-order valence-electron chi connectivity index (χ0n) is 15.3. The number of amides is 1. The van der Waals surface area contributed by atoms with Crippen molar-refractivity contribution >= 4 is 22.6 Å². The van der Waals surface area contributed by atoms with Crippen LogP contribution in [0.3, 0.4) is 0 Å². The van der Waals surface area contributed by atoms with Crippen molar-refractivity contribution in [3.8, 4) is 17.3 Å². The second kappa shape index (κ2) is 7.98. The van der Waals surface area contributed by atoms with Gasteiger partial charge in [-0.15, -0.1) is 0 Å². The van der Waals surface area contributed by atoms with Crippen LogP contribution < -0.4 is 10.1 Å². The summed E-state index contributed by atoms with van der Waals surface area (Å²) < 4.78 is 15.9. The fourth-order valence-electron chi connectivity index (χ4n) is 2.79. The molecule has 0 atom stereocenters. The van der Waals surface area contributed by atoms with Gasteiger partial charge in [-0.2, -0.15) is 0 Å². The number of carbonyl (C=O) groups is 1. The molecular weight excluding hydrogens is 358 g/mol. The summed E-state index contributed by atoms with van der Waals surface area (Å²) >= 11 is 0. The van der Waals surface area contributed by atoms with E-state index in [1.165, 1.54) is 0 Å². The van der Waals surface area contributed by atoms with Crippen LogP contribution >= 0.6 is 0 Å². The van der Waals surface area contributed by atoms with Crippen LogP contribution in [0.2, 0.25) is 0 Å². The van der Waals surface area contributed by atoms with E-state index in [0.717, 1.165) is 11.0 Å². The Labute approximate surface area is 161 Å². The molecule has 2 aromatic carbocycles. The highest BCUT2D eigenvalue weighted by molar-refractivity contribution is 6.05. The summed E-state index contributed by atoms with van der Waals surface area (Å²) in [7, 11) is 1.61. The summed E-state index contributed by atoms with van der Waals surface area (Å²) in [5.74, 6) is 1.70. The number of nitrogens with one attached hydrogen (secondary N) is 2. The van der Waals surface area contributed by atoms with E-state index >= 15 is 0 Å². The Kier molecular flexibility index (Phi) is 5.07. The van der Waals surface area contributed by atoms with Gasteiger partial charge in [-0.05, 0) is 48.5 Å². The summed E-state index contributed by atoms with van der Waals surface area (Å²) in [5.41, 5.74) is 2.77. The number of ether oxygens (including phenoxy) is 2. The molecule has 0 aliphatic heterocycles. The van der Waals surface area contributed by atoms with E-state index in [2.05, 4.69) is 15.3 Å². The number of aromatic nitrogens is 2. The number of fused-ring (bicyclic) bond motifs is 1. The molecule has 0 saturated carbocycles. The molecule has 0 radical (unpaired) electrons. The summed E-state index contributed by atoms with van der Waals surface area (Å²) in [6.07, 6.45) is 1.60.